The van der Waals surface area contributed by atoms with Gasteiger partial charge in [-0.15, -0.1) is 13.0 Å². The minimum absolute atomic E-state index is 0. The molecule has 1 aliphatic rings. The zero-order chi connectivity index (χ0) is 6.95. The summed E-state index contributed by atoms with van der Waals surface area (Å²) in [4.78, 5) is 0. The quantitative estimate of drug-likeness (QED) is 0.284. The van der Waals surface area contributed by atoms with Gasteiger partial charge in [0.05, 0.1) is 0 Å². The summed E-state index contributed by atoms with van der Waals surface area (Å²) in [5, 5.41) is 0.896. The Bertz CT molecular complexity index is 107. The van der Waals surface area contributed by atoms with Crippen molar-refractivity contribution in [1.29, 1.82) is 0 Å². The molecule has 62 valence electrons. The Morgan fingerprint density at radius 2 is 2.18 bits per heavy atom. The molecule has 0 atom stereocenters. The van der Waals surface area contributed by atoms with Gasteiger partial charge in [0.1, 0.15) is 0 Å². The van der Waals surface area contributed by atoms with Gasteiger partial charge in [0.2, 0.25) is 0 Å². The van der Waals surface area contributed by atoms with Crippen LogP contribution in [0.3, 0.4) is 0 Å². The van der Waals surface area contributed by atoms with Crippen LogP contribution in [0.1, 0.15) is 6.42 Å². The topological polar surface area (TPSA) is 0 Å². The molecular formula is C9H13BrHf-2. The SMILES string of the molecule is C=CCBr.[C-]1=CC=CC1.[CH3-].[Hf]. The Hall–Kier alpha value is 0.570. The zero-order valence-corrected chi connectivity index (χ0v) is 12.0. The van der Waals surface area contributed by atoms with Crippen LogP contribution >= 0.6 is 15.9 Å². The van der Waals surface area contributed by atoms with Gasteiger partial charge < -0.3 is 7.43 Å². The predicted molar refractivity (Wildman–Crippen MR) is 52.0 cm³/mol. The average Bonchev–Trinajstić information content (AvgIpc) is 2.43. The van der Waals surface area contributed by atoms with Crippen molar-refractivity contribution < 1.29 is 25.8 Å². The van der Waals surface area contributed by atoms with Gasteiger partial charge in [-0.05, 0) is 0 Å². The van der Waals surface area contributed by atoms with Gasteiger partial charge in [-0.2, -0.15) is 6.08 Å². The smallest absolute Gasteiger partial charge is 0.0209 e. The molecule has 0 nitrogen and oxygen atoms in total. The zero-order valence-electron chi connectivity index (χ0n) is 6.81. The molecular weight excluding hydrogens is 366 g/mol. The van der Waals surface area contributed by atoms with E-state index in [-0.39, 0.29) is 33.3 Å². The second kappa shape index (κ2) is 16.9. The van der Waals surface area contributed by atoms with Crippen LogP contribution < -0.4 is 0 Å². The molecule has 0 heterocycles. The van der Waals surface area contributed by atoms with Gasteiger partial charge in [-0.3, -0.25) is 6.08 Å². The second-order valence-electron chi connectivity index (χ2n) is 1.45. The molecule has 11 heavy (non-hydrogen) atoms. The van der Waals surface area contributed by atoms with Crippen molar-refractivity contribution in [2.24, 2.45) is 0 Å². The number of hydrogen-bond donors (Lipinski definition) is 0. The molecule has 0 aromatic carbocycles. The summed E-state index contributed by atoms with van der Waals surface area (Å²) < 4.78 is 0. The Morgan fingerprint density at radius 1 is 1.64 bits per heavy atom. The van der Waals surface area contributed by atoms with Crippen LogP contribution in [-0.4, -0.2) is 5.33 Å². The van der Waals surface area contributed by atoms with Gasteiger partial charge in [-0.1, -0.05) is 22.0 Å². The Labute approximate surface area is 97.4 Å². The number of halogens is 1. The van der Waals surface area contributed by atoms with E-state index < -0.39 is 0 Å². The first-order valence-electron chi connectivity index (χ1n) is 2.80. The van der Waals surface area contributed by atoms with Crippen molar-refractivity contribution in [1.82, 2.24) is 0 Å². The maximum Gasteiger partial charge on any atom is 0.0209 e. The van der Waals surface area contributed by atoms with Gasteiger partial charge in [0, 0.05) is 31.2 Å². The molecule has 0 aromatic heterocycles. The van der Waals surface area contributed by atoms with Crippen molar-refractivity contribution in [2.75, 3.05) is 5.33 Å². The fraction of sp³-hybridized carbons (Fsp3) is 0.222. The monoisotopic (exact) mass is 380 g/mol. The van der Waals surface area contributed by atoms with E-state index in [0.29, 0.717) is 0 Å². The summed E-state index contributed by atoms with van der Waals surface area (Å²) in [7, 11) is 0. The predicted octanol–water partition coefficient (Wildman–Crippen LogP) is 3.32. The third kappa shape index (κ3) is 18.0. The molecule has 0 saturated heterocycles. The molecule has 1 aliphatic carbocycles. The normalized spacial score (nSPS) is 10.3. The molecule has 0 spiro atoms. The molecule has 0 amide bonds. The second-order valence-corrected chi connectivity index (χ2v) is 2.09. The maximum absolute atomic E-state index is 3.43. The molecule has 0 radical (unpaired) electrons. The van der Waals surface area contributed by atoms with Crippen molar-refractivity contribution in [3.8, 4) is 0 Å². The van der Waals surface area contributed by atoms with Crippen LogP contribution in [-0.2, 0) is 25.8 Å². The van der Waals surface area contributed by atoms with Crippen LogP contribution in [0.2, 0.25) is 0 Å². The van der Waals surface area contributed by atoms with Crippen molar-refractivity contribution in [3.63, 3.8) is 0 Å². The van der Waals surface area contributed by atoms with E-state index in [2.05, 4.69) is 34.7 Å². The summed E-state index contributed by atoms with van der Waals surface area (Å²) in [6.45, 7) is 3.43. The summed E-state index contributed by atoms with van der Waals surface area (Å²) >= 11 is 3.13. The Morgan fingerprint density at radius 3 is 2.27 bits per heavy atom. The molecule has 0 N–H and O–H groups in total. The van der Waals surface area contributed by atoms with Crippen LogP contribution in [0.25, 0.3) is 0 Å². The first kappa shape index (κ1) is 17.6. The van der Waals surface area contributed by atoms with E-state index in [1.807, 2.05) is 12.2 Å². The van der Waals surface area contributed by atoms with Crippen molar-refractivity contribution in [2.45, 2.75) is 6.42 Å². The molecule has 2 heteroatoms. The van der Waals surface area contributed by atoms with E-state index >= 15 is 0 Å². The van der Waals surface area contributed by atoms with Crippen LogP contribution in [0.15, 0.2) is 30.9 Å². The Kier molecular flexibility index (Phi) is 27.0. The number of hydrogen-bond acceptors (Lipinski definition) is 0. The third-order valence-corrected chi connectivity index (χ3v) is 1.15. The number of allylic oxidation sites excluding steroid dienone is 5. The van der Waals surface area contributed by atoms with Crippen molar-refractivity contribution in [3.05, 3.63) is 44.4 Å². The number of alkyl halides is 1. The minimum Gasteiger partial charge on any atom is -0.358 e. The standard InChI is InChI=1S/C5H5.C3H5Br.CH3.Hf/c1-2-4-5-3-1;1-2-3-4;;/h1-3H,4H2;2H,1,3H2;1H3;/q-1;;-1;. The maximum atomic E-state index is 3.43. The van der Waals surface area contributed by atoms with Crippen LogP contribution in [0.5, 0.6) is 0 Å². The van der Waals surface area contributed by atoms with E-state index in [4.69, 9.17) is 0 Å². The fourth-order valence-electron chi connectivity index (χ4n) is 0.340. The van der Waals surface area contributed by atoms with E-state index in [1.54, 1.807) is 6.08 Å². The molecule has 0 aromatic rings. The van der Waals surface area contributed by atoms with Gasteiger partial charge in [-0.25, -0.2) is 12.2 Å². The van der Waals surface area contributed by atoms with Gasteiger partial charge >= 0.3 is 0 Å². The molecule has 0 bridgehead atoms. The summed E-state index contributed by atoms with van der Waals surface area (Å²) in [6.07, 6.45) is 11.8. The third-order valence-electron chi connectivity index (χ3n) is 0.695. The van der Waals surface area contributed by atoms with E-state index in [1.165, 1.54) is 0 Å². The minimum atomic E-state index is 0. The fourth-order valence-corrected chi connectivity index (χ4v) is 0.340. The van der Waals surface area contributed by atoms with Crippen molar-refractivity contribution >= 4 is 15.9 Å². The molecule has 1 rings (SSSR count). The largest absolute Gasteiger partial charge is 0.358 e. The molecule has 0 saturated carbocycles. The van der Waals surface area contributed by atoms with Gasteiger partial charge in [0.15, 0.2) is 0 Å². The molecule has 0 fully saturated rings. The number of rotatable bonds is 1. The average molecular weight is 380 g/mol. The summed E-state index contributed by atoms with van der Waals surface area (Å²) in [5.41, 5.74) is 0. The van der Waals surface area contributed by atoms with E-state index in [9.17, 15) is 0 Å². The molecule has 0 aliphatic heterocycles. The first-order chi connectivity index (χ1) is 4.41. The Balaban J connectivity index is -0.000000101. The summed E-state index contributed by atoms with van der Waals surface area (Å²) in [6, 6.07) is 0. The van der Waals surface area contributed by atoms with Crippen LogP contribution in [0, 0.1) is 13.5 Å². The van der Waals surface area contributed by atoms with Crippen LogP contribution in [0.4, 0.5) is 0 Å². The first-order valence-corrected chi connectivity index (χ1v) is 3.92. The molecule has 0 unspecified atom stereocenters. The summed E-state index contributed by atoms with van der Waals surface area (Å²) in [5.74, 6) is 0. The van der Waals surface area contributed by atoms with E-state index in [0.717, 1.165) is 11.8 Å². The van der Waals surface area contributed by atoms with Gasteiger partial charge in [0.25, 0.3) is 0 Å².